The van der Waals surface area contributed by atoms with Crippen molar-refractivity contribution in [3.63, 3.8) is 0 Å². The molecule has 0 atom stereocenters. The molecule has 5 heteroatoms. The van der Waals surface area contributed by atoms with Gasteiger partial charge in [-0.2, -0.15) is 0 Å². The van der Waals surface area contributed by atoms with Gasteiger partial charge in [-0.15, -0.1) is 0 Å². The maximum atomic E-state index is 11.6. The van der Waals surface area contributed by atoms with Gasteiger partial charge in [-0.05, 0) is 13.8 Å². The molecular weight excluding hydrogens is 218 g/mol. The molecule has 2 aliphatic rings. The average Bonchev–Trinajstić information content (AvgIpc) is 2.57. The van der Waals surface area contributed by atoms with E-state index in [-0.39, 0.29) is 18.4 Å². The van der Waals surface area contributed by atoms with Crippen LogP contribution in [0.25, 0.3) is 4.85 Å². The van der Waals surface area contributed by atoms with E-state index in [1.165, 1.54) is 4.90 Å². The lowest BCUT2D eigenvalue weighted by Gasteiger charge is -2.39. The molecule has 17 heavy (non-hydrogen) atoms. The van der Waals surface area contributed by atoms with Crippen LogP contribution in [-0.4, -0.2) is 53.8 Å². The molecule has 0 radical (unpaired) electrons. The van der Waals surface area contributed by atoms with Crippen molar-refractivity contribution in [3.05, 3.63) is 11.4 Å². The number of hydrogen-bond donors (Lipinski definition) is 0. The standard InChI is InChI=1S/C12H19N3O2/c1-10(2)14-6-4-12(5-7-14)8-15(9-13-3)11(16)17-12/h10H,4-9H2,1-2H3. The zero-order chi connectivity index (χ0) is 12.5. The molecule has 0 aliphatic carbocycles. The van der Waals surface area contributed by atoms with Crippen LogP contribution >= 0.6 is 0 Å². The first-order chi connectivity index (χ1) is 8.06. The number of rotatable bonds is 2. The zero-order valence-corrected chi connectivity index (χ0v) is 10.5. The Bertz CT molecular complexity index is 340. The third-order valence-electron chi connectivity index (χ3n) is 3.72. The van der Waals surface area contributed by atoms with E-state index in [0.29, 0.717) is 12.6 Å². The van der Waals surface area contributed by atoms with Gasteiger partial charge >= 0.3 is 6.09 Å². The van der Waals surface area contributed by atoms with Crippen LogP contribution in [0.4, 0.5) is 4.79 Å². The molecule has 2 saturated heterocycles. The predicted molar refractivity (Wildman–Crippen MR) is 63.3 cm³/mol. The van der Waals surface area contributed by atoms with Crippen LogP contribution in [0.2, 0.25) is 0 Å². The highest BCUT2D eigenvalue weighted by atomic mass is 16.6. The molecule has 0 bridgehead atoms. The summed E-state index contributed by atoms with van der Waals surface area (Å²) in [5.74, 6) is 0. The first kappa shape index (κ1) is 12.2. The maximum Gasteiger partial charge on any atom is 0.416 e. The van der Waals surface area contributed by atoms with E-state index in [0.717, 1.165) is 25.9 Å². The summed E-state index contributed by atoms with van der Waals surface area (Å²) in [5, 5.41) is 0. The quantitative estimate of drug-likeness (QED) is 0.684. The first-order valence-corrected chi connectivity index (χ1v) is 6.11. The van der Waals surface area contributed by atoms with Crippen LogP contribution in [0.5, 0.6) is 0 Å². The number of carbonyl (C=O) groups excluding carboxylic acids is 1. The second-order valence-corrected chi connectivity index (χ2v) is 5.18. The van der Waals surface area contributed by atoms with E-state index in [1.807, 2.05) is 0 Å². The molecule has 0 N–H and O–H groups in total. The molecule has 0 aromatic rings. The minimum absolute atomic E-state index is 0.120. The number of piperidine rings is 1. The average molecular weight is 237 g/mol. The van der Waals surface area contributed by atoms with E-state index in [2.05, 4.69) is 23.6 Å². The number of amides is 1. The van der Waals surface area contributed by atoms with Gasteiger partial charge in [0.15, 0.2) is 0 Å². The molecule has 1 amide bonds. The molecule has 5 nitrogen and oxygen atoms in total. The number of ether oxygens (including phenoxy) is 1. The van der Waals surface area contributed by atoms with Crippen LogP contribution in [0, 0.1) is 6.57 Å². The Morgan fingerprint density at radius 3 is 2.65 bits per heavy atom. The monoisotopic (exact) mass is 237 g/mol. The number of carbonyl (C=O) groups is 1. The summed E-state index contributed by atoms with van der Waals surface area (Å²) >= 11 is 0. The van der Waals surface area contributed by atoms with Crippen LogP contribution in [0.15, 0.2) is 0 Å². The lowest BCUT2D eigenvalue weighted by atomic mass is 9.91. The van der Waals surface area contributed by atoms with Crippen LogP contribution in [0.3, 0.4) is 0 Å². The molecule has 0 aromatic carbocycles. The van der Waals surface area contributed by atoms with Gasteiger partial charge in [0, 0.05) is 32.0 Å². The summed E-state index contributed by atoms with van der Waals surface area (Å²) in [7, 11) is 0. The largest absolute Gasteiger partial charge is 0.441 e. The van der Waals surface area contributed by atoms with Gasteiger partial charge in [-0.1, -0.05) is 0 Å². The highest BCUT2D eigenvalue weighted by Crippen LogP contribution is 2.33. The topological polar surface area (TPSA) is 37.1 Å². The Kier molecular flexibility index (Phi) is 3.25. The lowest BCUT2D eigenvalue weighted by Crippen LogP contribution is -2.48. The molecule has 0 unspecified atom stereocenters. The number of nitrogens with zero attached hydrogens (tertiary/aromatic N) is 3. The van der Waals surface area contributed by atoms with Crippen molar-refractivity contribution in [1.29, 1.82) is 0 Å². The normalized spacial score (nSPS) is 24.1. The van der Waals surface area contributed by atoms with Crippen molar-refractivity contribution in [2.75, 3.05) is 26.3 Å². The fraction of sp³-hybridized carbons (Fsp3) is 0.833. The van der Waals surface area contributed by atoms with E-state index in [9.17, 15) is 4.79 Å². The van der Waals surface area contributed by atoms with E-state index in [1.54, 1.807) is 0 Å². The minimum Gasteiger partial charge on any atom is -0.441 e. The molecule has 0 saturated carbocycles. The fourth-order valence-corrected chi connectivity index (χ4v) is 2.60. The van der Waals surface area contributed by atoms with Crippen molar-refractivity contribution in [1.82, 2.24) is 9.80 Å². The Morgan fingerprint density at radius 2 is 2.12 bits per heavy atom. The zero-order valence-electron chi connectivity index (χ0n) is 10.5. The molecule has 94 valence electrons. The Morgan fingerprint density at radius 1 is 1.47 bits per heavy atom. The van der Waals surface area contributed by atoms with Crippen LogP contribution < -0.4 is 0 Å². The third kappa shape index (κ3) is 2.37. The van der Waals surface area contributed by atoms with Gasteiger partial charge in [0.05, 0.1) is 6.54 Å². The van der Waals surface area contributed by atoms with E-state index < -0.39 is 0 Å². The highest BCUT2D eigenvalue weighted by molar-refractivity contribution is 5.70. The predicted octanol–water partition coefficient (Wildman–Crippen LogP) is 1.56. The summed E-state index contributed by atoms with van der Waals surface area (Å²) in [4.78, 5) is 18.8. The molecule has 2 rings (SSSR count). The molecule has 0 aromatic heterocycles. The van der Waals surface area contributed by atoms with Gasteiger partial charge < -0.3 is 9.64 Å². The highest BCUT2D eigenvalue weighted by Gasteiger charge is 2.47. The molecule has 1 spiro atoms. The molecule has 2 aliphatic heterocycles. The van der Waals surface area contributed by atoms with E-state index >= 15 is 0 Å². The van der Waals surface area contributed by atoms with Gasteiger partial charge in [-0.25, -0.2) is 16.3 Å². The second-order valence-electron chi connectivity index (χ2n) is 5.18. The fourth-order valence-electron chi connectivity index (χ4n) is 2.60. The summed E-state index contributed by atoms with van der Waals surface area (Å²) in [6, 6.07) is 0.545. The Labute approximate surface area is 102 Å². The number of hydrogen-bond acceptors (Lipinski definition) is 3. The van der Waals surface area contributed by atoms with Crippen LogP contribution in [-0.2, 0) is 4.74 Å². The summed E-state index contributed by atoms with van der Waals surface area (Å²) in [6.45, 7) is 13.8. The summed E-state index contributed by atoms with van der Waals surface area (Å²) in [5.41, 5.74) is -0.326. The van der Waals surface area contributed by atoms with Gasteiger partial charge in [-0.3, -0.25) is 4.85 Å². The molecule has 2 heterocycles. The third-order valence-corrected chi connectivity index (χ3v) is 3.72. The minimum atomic E-state index is -0.326. The lowest BCUT2D eigenvalue weighted by molar-refractivity contribution is -0.00633. The molecular formula is C12H19N3O2. The first-order valence-electron chi connectivity index (χ1n) is 6.11. The SMILES string of the molecule is [C-]#[N+]CN1CC2(CCN(C(C)C)CC2)OC1=O. The van der Waals surface area contributed by atoms with Gasteiger partial charge in [0.25, 0.3) is 6.67 Å². The molecule has 2 fully saturated rings. The summed E-state index contributed by atoms with van der Waals surface area (Å²) < 4.78 is 5.50. The number of likely N-dealkylation sites (tertiary alicyclic amines) is 1. The van der Waals surface area contributed by atoms with Crippen LogP contribution in [0.1, 0.15) is 26.7 Å². The van der Waals surface area contributed by atoms with Crippen molar-refractivity contribution in [2.24, 2.45) is 0 Å². The van der Waals surface area contributed by atoms with Crippen molar-refractivity contribution in [3.8, 4) is 0 Å². The summed E-state index contributed by atoms with van der Waals surface area (Å²) in [6.07, 6.45) is 1.44. The second kappa shape index (κ2) is 4.53. The Balaban J connectivity index is 1.96. The van der Waals surface area contributed by atoms with E-state index in [4.69, 9.17) is 11.3 Å². The smallest absolute Gasteiger partial charge is 0.416 e. The van der Waals surface area contributed by atoms with Gasteiger partial charge in [0.2, 0.25) is 0 Å². The maximum absolute atomic E-state index is 11.6. The van der Waals surface area contributed by atoms with Gasteiger partial charge in [0.1, 0.15) is 5.60 Å². The Hall–Kier alpha value is -1.28. The van der Waals surface area contributed by atoms with Crippen molar-refractivity contribution in [2.45, 2.75) is 38.3 Å². The van der Waals surface area contributed by atoms with Crippen molar-refractivity contribution >= 4 is 6.09 Å². The van der Waals surface area contributed by atoms with Crippen molar-refractivity contribution < 1.29 is 9.53 Å².